The lowest BCUT2D eigenvalue weighted by Gasteiger charge is -2.34. The molecular weight excluding hydrogens is 236 g/mol. The van der Waals surface area contributed by atoms with Crippen molar-refractivity contribution in [2.45, 2.75) is 71.6 Å². The van der Waals surface area contributed by atoms with Gasteiger partial charge in [-0.2, -0.15) is 0 Å². The smallest absolute Gasteiger partial charge is 0.120 e. The van der Waals surface area contributed by atoms with E-state index in [0.29, 0.717) is 0 Å². The summed E-state index contributed by atoms with van der Waals surface area (Å²) in [6.45, 7) is 10.7. The van der Waals surface area contributed by atoms with Gasteiger partial charge in [-0.15, -0.1) is 0 Å². The summed E-state index contributed by atoms with van der Waals surface area (Å²) in [6.07, 6.45) is 3.78. The monoisotopic (exact) mass is 264 g/mol. The molecule has 0 atom stereocenters. The summed E-state index contributed by atoms with van der Waals surface area (Å²) in [5.74, 6) is 2.18. The maximum absolute atomic E-state index is 6.00. The van der Waals surface area contributed by atoms with Crippen LogP contribution in [0.1, 0.15) is 57.1 Å². The third-order valence-electron chi connectivity index (χ3n) is 4.49. The molecule has 1 aliphatic rings. The highest BCUT2D eigenvalue weighted by atomic mass is 16.3. The van der Waals surface area contributed by atoms with E-state index >= 15 is 0 Å². The van der Waals surface area contributed by atoms with Crippen molar-refractivity contribution in [3.8, 4) is 0 Å². The molecule has 0 radical (unpaired) electrons. The predicted molar refractivity (Wildman–Crippen MR) is 79.1 cm³/mol. The molecule has 0 bridgehead atoms. The molecule has 1 fully saturated rings. The van der Waals surface area contributed by atoms with Gasteiger partial charge in [-0.05, 0) is 58.7 Å². The number of hydrogen-bond donors (Lipinski definition) is 1. The van der Waals surface area contributed by atoms with E-state index in [0.717, 1.165) is 37.1 Å². The van der Waals surface area contributed by atoms with Gasteiger partial charge in [-0.3, -0.25) is 4.90 Å². The van der Waals surface area contributed by atoms with Crippen molar-refractivity contribution >= 4 is 0 Å². The Hall–Kier alpha value is -0.800. The Morgan fingerprint density at radius 3 is 2.68 bits per heavy atom. The van der Waals surface area contributed by atoms with Gasteiger partial charge in [-0.25, -0.2) is 0 Å². The highest BCUT2D eigenvalue weighted by Gasteiger charge is 2.23. The molecule has 1 aromatic rings. The van der Waals surface area contributed by atoms with Gasteiger partial charge >= 0.3 is 0 Å². The van der Waals surface area contributed by atoms with Crippen molar-refractivity contribution in [2.75, 3.05) is 7.05 Å². The molecule has 2 rings (SSSR count). The maximum atomic E-state index is 6.00. The number of aryl methyl sites for hydroxylation is 1. The maximum Gasteiger partial charge on any atom is 0.120 e. The van der Waals surface area contributed by atoms with Crippen LogP contribution in [0.2, 0.25) is 0 Å². The molecule has 0 spiro atoms. The molecule has 19 heavy (non-hydrogen) atoms. The zero-order valence-corrected chi connectivity index (χ0v) is 13.0. The van der Waals surface area contributed by atoms with E-state index in [4.69, 9.17) is 4.42 Å². The van der Waals surface area contributed by atoms with Crippen molar-refractivity contribution in [3.63, 3.8) is 0 Å². The zero-order chi connectivity index (χ0) is 14.0. The first-order valence-electron chi connectivity index (χ1n) is 7.45. The summed E-state index contributed by atoms with van der Waals surface area (Å²) >= 11 is 0. The fourth-order valence-electron chi connectivity index (χ4n) is 2.09. The fourth-order valence-corrected chi connectivity index (χ4v) is 2.09. The second kappa shape index (κ2) is 5.68. The van der Waals surface area contributed by atoms with Crippen LogP contribution in [0.5, 0.6) is 0 Å². The van der Waals surface area contributed by atoms with E-state index in [1.165, 1.54) is 18.4 Å². The first kappa shape index (κ1) is 14.6. The molecule has 0 aromatic carbocycles. The van der Waals surface area contributed by atoms with Crippen LogP contribution < -0.4 is 5.32 Å². The van der Waals surface area contributed by atoms with Crippen LogP contribution in [0.15, 0.2) is 10.5 Å². The Morgan fingerprint density at radius 1 is 1.42 bits per heavy atom. The normalized spacial score (nSPS) is 16.3. The molecule has 0 aliphatic heterocycles. The molecule has 3 nitrogen and oxygen atoms in total. The summed E-state index contributed by atoms with van der Waals surface area (Å²) in [5, 5.41) is 3.51. The number of furan rings is 1. The Bertz CT molecular complexity index is 418. The average Bonchev–Trinajstić information content (AvgIpc) is 3.12. The third kappa shape index (κ3) is 3.83. The fraction of sp³-hybridized carbons (Fsp3) is 0.750. The third-order valence-corrected chi connectivity index (χ3v) is 4.49. The van der Waals surface area contributed by atoms with Crippen LogP contribution in [0.4, 0.5) is 0 Å². The summed E-state index contributed by atoms with van der Waals surface area (Å²) < 4.78 is 6.00. The number of nitrogens with one attached hydrogen (secondary N) is 1. The number of nitrogens with zero attached hydrogens (tertiary/aromatic N) is 1. The summed E-state index contributed by atoms with van der Waals surface area (Å²) in [6, 6.07) is 2.92. The van der Waals surface area contributed by atoms with Gasteiger partial charge in [0.1, 0.15) is 11.5 Å². The SMILES string of the molecule is CCC(C)(C)N(C)Cc1cc(C)c(CNC2CC2)o1. The lowest BCUT2D eigenvalue weighted by atomic mass is 10.00. The highest BCUT2D eigenvalue weighted by Crippen LogP contribution is 2.23. The molecule has 1 saturated carbocycles. The van der Waals surface area contributed by atoms with Crippen molar-refractivity contribution in [1.82, 2.24) is 10.2 Å². The van der Waals surface area contributed by atoms with E-state index in [9.17, 15) is 0 Å². The average molecular weight is 264 g/mol. The van der Waals surface area contributed by atoms with Crippen molar-refractivity contribution < 1.29 is 4.42 Å². The van der Waals surface area contributed by atoms with Crippen LogP contribution in [0.3, 0.4) is 0 Å². The standard InChI is InChI=1S/C16H28N2O/c1-6-16(3,4)18(5)11-14-9-12(2)15(19-14)10-17-13-7-8-13/h9,13,17H,6-8,10-11H2,1-5H3. The van der Waals surface area contributed by atoms with Crippen LogP contribution in [-0.2, 0) is 13.1 Å². The molecule has 0 unspecified atom stereocenters. The van der Waals surface area contributed by atoms with Gasteiger partial charge in [0.05, 0.1) is 13.1 Å². The zero-order valence-electron chi connectivity index (χ0n) is 13.0. The van der Waals surface area contributed by atoms with Crippen molar-refractivity contribution in [3.05, 3.63) is 23.2 Å². The van der Waals surface area contributed by atoms with Gasteiger partial charge in [-0.1, -0.05) is 6.92 Å². The molecule has 1 aliphatic carbocycles. The van der Waals surface area contributed by atoms with Gasteiger partial charge in [0.2, 0.25) is 0 Å². The number of hydrogen-bond acceptors (Lipinski definition) is 3. The predicted octanol–water partition coefficient (Wildman–Crippen LogP) is 3.46. The Morgan fingerprint density at radius 2 is 2.11 bits per heavy atom. The topological polar surface area (TPSA) is 28.4 Å². The summed E-state index contributed by atoms with van der Waals surface area (Å²) in [5.41, 5.74) is 1.48. The minimum absolute atomic E-state index is 0.215. The van der Waals surface area contributed by atoms with E-state index in [-0.39, 0.29) is 5.54 Å². The minimum Gasteiger partial charge on any atom is -0.463 e. The minimum atomic E-state index is 0.215. The molecule has 108 valence electrons. The van der Waals surface area contributed by atoms with E-state index in [1.54, 1.807) is 0 Å². The molecule has 1 N–H and O–H groups in total. The Labute approximate surface area is 117 Å². The first-order valence-corrected chi connectivity index (χ1v) is 7.45. The van der Waals surface area contributed by atoms with Crippen LogP contribution in [0.25, 0.3) is 0 Å². The lowest BCUT2D eigenvalue weighted by Crippen LogP contribution is -2.39. The van der Waals surface area contributed by atoms with Crippen LogP contribution >= 0.6 is 0 Å². The van der Waals surface area contributed by atoms with Gasteiger partial charge in [0.15, 0.2) is 0 Å². The molecule has 1 heterocycles. The quantitative estimate of drug-likeness (QED) is 0.817. The highest BCUT2D eigenvalue weighted by molar-refractivity contribution is 5.20. The van der Waals surface area contributed by atoms with Gasteiger partial charge in [0, 0.05) is 11.6 Å². The summed E-state index contributed by atoms with van der Waals surface area (Å²) in [7, 11) is 2.17. The van der Waals surface area contributed by atoms with E-state index < -0.39 is 0 Å². The number of rotatable bonds is 7. The molecular formula is C16H28N2O. The van der Waals surface area contributed by atoms with E-state index in [1.807, 2.05) is 0 Å². The largest absolute Gasteiger partial charge is 0.463 e. The van der Waals surface area contributed by atoms with Gasteiger partial charge < -0.3 is 9.73 Å². The molecule has 0 saturated heterocycles. The lowest BCUT2D eigenvalue weighted by molar-refractivity contribution is 0.132. The molecule has 1 aromatic heterocycles. The Balaban J connectivity index is 1.94. The van der Waals surface area contributed by atoms with Crippen molar-refractivity contribution in [2.24, 2.45) is 0 Å². The molecule has 3 heteroatoms. The van der Waals surface area contributed by atoms with Crippen LogP contribution in [0, 0.1) is 6.92 Å². The Kier molecular flexibility index (Phi) is 4.36. The first-order chi connectivity index (χ1) is 8.92. The van der Waals surface area contributed by atoms with Crippen LogP contribution in [-0.4, -0.2) is 23.5 Å². The summed E-state index contributed by atoms with van der Waals surface area (Å²) in [4.78, 5) is 2.36. The molecule has 0 amide bonds. The van der Waals surface area contributed by atoms with E-state index in [2.05, 4.69) is 51.0 Å². The second-order valence-electron chi connectivity index (χ2n) is 6.50. The second-order valence-corrected chi connectivity index (χ2v) is 6.50. The van der Waals surface area contributed by atoms with Crippen molar-refractivity contribution in [1.29, 1.82) is 0 Å². The van der Waals surface area contributed by atoms with Gasteiger partial charge in [0.25, 0.3) is 0 Å².